The Kier molecular flexibility index (Phi) is 4.90. The molecule has 4 heterocycles. The molecule has 6 nitrogen and oxygen atoms in total. The molecule has 0 saturated carbocycles. The summed E-state index contributed by atoms with van der Waals surface area (Å²) in [6.07, 6.45) is 5.40. The van der Waals surface area contributed by atoms with Crippen LogP contribution in [0.5, 0.6) is 0 Å². The van der Waals surface area contributed by atoms with Crippen LogP contribution in [0.1, 0.15) is 26.8 Å². The third-order valence-electron chi connectivity index (χ3n) is 4.58. The lowest BCUT2D eigenvalue weighted by molar-refractivity contribution is 0.625. The molecule has 134 valence electrons. The molecule has 0 atom stereocenters. The zero-order chi connectivity index (χ0) is 17.9. The van der Waals surface area contributed by atoms with E-state index in [0.29, 0.717) is 0 Å². The van der Waals surface area contributed by atoms with Crippen LogP contribution < -0.4 is 10.6 Å². The second-order valence-corrected chi connectivity index (χ2v) is 7.70. The van der Waals surface area contributed by atoms with Gasteiger partial charge in [0.1, 0.15) is 5.82 Å². The van der Waals surface area contributed by atoms with Crippen molar-refractivity contribution >= 4 is 17.2 Å². The van der Waals surface area contributed by atoms with Gasteiger partial charge >= 0.3 is 0 Å². The van der Waals surface area contributed by atoms with Gasteiger partial charge in [0.05, 0.1) is 16.4 Å². The van der Waals surface area contributed by atoms with Crippen LogP contribution in [0.25, 0.3) is 11.4 Å². The molecule has 1 aliphatic rings. The minimum Gasteiger partial charge on any atom is -0.369 e. The molecule has 0 spiro atoms. The Morgan fingerprint density at radius 1 is 1.15 bits per heavy atom. The molecule has 7 heteroatoms. The van der Waals surface area contributed by atoms with Crippen molar-refractivity contribution in [2.24, 2.45) is 0 Å². The number of hydrogen-bond donors (Lipinski definition) is 2. The first-order chi connectivity index (χ1) is 12.7. The van der Waals surface area contributed by atoms with Gasteiger partial charge in [0.2, 0.25) is 0 Å². The third kappa shape index (κ3) is 3.59. The summed E-state index contributed by atoms with van der Waals surface area (Å²) in [5.74, 6) is 1.70. The Morgan fingerprint density at radius 3 is 2.77 bits per heavy atom. The van der Waals surface area contributed by atoms with Crippen LogP contribution in [0.15, 0.2) is 24.5 Å². The van der Waals surface area contributed by atoms with Gasteiger partial charge < -0.3 is 10.6 Å². The molecule has 26 heavy (non-hydrogen) atoms. The van der Waals surface area contributed by atoms with E-state index >= 15 is 0 Å². The van der Waals surface area contributed by atoms with Gasteiger partial charge in [-0.25, -0.2) is 15.0 Å². The van der Waals surface area contributed by atoms with Gasteiger partial charge in [0, 0.05) is 47.9 Å². The number of fused-ring (bicyclic) bond motifs is 1. The lowest BCUT2D eigenvalue weighted by Crippen LogP contribution is -2.27. The van der Waals surface area contributed by atoms with Crippen LogP contribution in [0.3, 0.4) is 0 Å². The van der Waals surface area contributed by atoms with Crippen molar-refractivity contribution in [2.75, 3.05) is 18.4 Å². The van der Waals surface area contributed by atoms with E-state index in [4.69, 9.17) is 9.97 Å². The SMILES string of the molecule is Cc1nc(CCNc2nc(-c3ccncc3)nc3c2CCNC3)sc1C. The second kappa shape index (κ2) is 7.47. The number of nitrogens with one attached hydrogen (secondary N) is 2. The fraction of sp³-hybridized carbons (Fsp3) is 0.368. The molecular weight excluding hydrogens is 344 g/mol. The summed E-state index contributed by atoms with van der Waals surface area (Å²) in [5.41, 5.74) is 4.44. The number of anilines is 1. The topological polar surface area (TPSA) is 75.6 Å². The molecule has 0 unspecified atom stereocenters. The lowest BCUT2D eigenvalue weighted by atomic mass is 10.1. The van der Waals surface area contributed by atoms with Crippen molar-refractivity contribution in [2.45, 2.75) is 33.2 Å². The third-order valence-corrected chi connectivity index (χ3v) is 5.71. The Balaban J connectivity index is 1.57. The first-order valence-electron chi connectivity index (χ1n) is 8.88. The standard InChI is InChI=1S/C19H22N6S/c1-12-13(2)26-17(23-12)6-10-22-19-15-5-9-21-11-16(15)24-18(25-19)14-3-7-20-8-4-14/h3-4,7-8,21H,5-6,9-11H2,1-2H3,(H,22,24,25). The van der Waals surface area contributed by atoms with Gasteiger partial charge in [0.15, 0.2) is 5.82 Å². The van der Waals surface area contributed by atoms with Gasteiger partial charge in [-0.05, 0) is 38.9 Å². The van der Waals surface area contributed by atoms with Crippen LogP contribution in [0, 0.1) is 13.8 Å². The molecule has 3 aromatic rings. The van der Waals surface area contributed by atoms with Crippen molar-refractivity contribution in [1.82, 2.24) is 25.3 Å². The molecule has 1 aliphatic heterocycles. The first-order valence-corrected chi connectivity index (χ1v) is 9.70. The van der Waals surface area contributed by atoms with Crippen molar-refractivity contribution in [3.05, 3.63) is 51.4 Å². The summed E-state index contributed by atoms with van der Waals surface area (Å²) < 4.78 is 0. The van der Waals surface area contributed by atoms with Crippen LogP contribution in [-0.4, -0.2) is 33.0 Å². The van der Waals surface area contributed by atoms with Crippen LogP contribution >= 0.6 is 11.3 Å². The zero-order valence-corrected chi connectivity index (χ0v) is 15.9. The van der Waals surface area contributed by atoms with Crippen LogP contribution in [0.2, 0.25) is 0 Å². The van der Waals surface area contributed by atoms with E-state index in [-0.39, 0.29) is 0 Å². The highest BCUT2D eigenvalue weighted by Gasteiger charge is 2.18. The largest absolute Gasteiger partial charge is 0.369 e. The summed E-state index contributed by atoms with van der Waals surface area (Å²) in [7, 11) is 0. The highest BCUT2D eigenvalue weighted by Crippen LogP contribution is 2.25. The highest BCUT2D eigenvalue weighted by molar-refractivity contribution is 7.11. The predicted molar refractivity (Wildman–Crippen MR) is 104 cm³/mol. The minimum absolute atomic E-state index is 0.748. The van der Waals surface area contributed by atoms with Gasteiger partial charge in [-0.3, -0.25) is 4.98 Å². The zero-order valence-electron chi connectivity index (χ0n) is 15.0. The van der Waals surface area contributed by atoms with E-state index in [1.54, 1.807) is 23.7 Å². The molecule has 4 rings (SSSR count). The summed E-state index contributed by atoms with van der Waals surface area (Å²) in [5, 5.41) is 8.10. The van der Waals surface area contributed by atoms with E-state index in [0.717, 1.165) is 61.1 Å². The Bertz CT molecular complexity index is 886. The van der Waals surface area contributed by atoms with E-state index in [1.807, 2.05) is 12.1 Å². The highest BCUT2D eigenvalue weighted by atomic mass is 32.1. The summed E-state index contributed by atoms with van der Waals surface area (Å²) >= 11 is 1.78. The molecule has 3 aromatic heterocycles. The van der Waals surface area contributed by atoms with E-state index in [1.165, 1.54) is 15.4 Å². The maximum atomic E-state index is 4.82. The summed E-state index contributed by atoms with van der Waals surface area (Å²) in [6, 6.07) is 3.89. The molecule has 2 N–H and O–H groups in total. The average Bonchev–Trinajstić information content (AvgIpc) is 3.00. The number of nitrogens with zero attached hydrogens (tertiary/aromatic N) is 4. The maximum absolute atomic E-state index is 4.82. The maximum Gasteiger partial charge on any atom is 0.161 e. The number of rotatable bonds is 5. The predicted octanol–water partition coefficient (Wildman–Crippen LogP) is 2.91. The Morgan fingerprint density at radius 2 is 2.00 bits per heavy atom. The minimum atomic E-state index is 0.748. The fourth-order valence-corrected chi connectivity index (χ4v) is 4.00. The summed E-state index contributed by atoms with van der Waals surface area (Å²) in [6.45, 7) is 6.76. The molecule has 0 aliphatic carbocycles. The van der Waals surface area contributed by atoms with Gasteiger partial charge in [-0.1, -0.05) is 0 Å². The normalized spacial score (nSPS) is 13.5. The molecular formula is C19H22N6S. The van der Waals surface area contributed by atoms with Crippen LogP contribution in [0.4, 0.5) is 5.82 Å². The smallest absolute Gasteiger partial charge is 0.161 e. The van der Waals surface area contributed by atoms with Crippen LogP contribution in [-0.2, 0) is 19.4 Å². The number of thiazole rings is 1. The van der Waals surface area contributed by atoms with Crippen molar-refractivity contribution < 1.29 is 0 Å². The monoisotopic (exact) mass is 366 g/mol. The molecule has 0 bridgehead atoms. The van der Waals surface area contributed by atoms with E-state index in [2.05, 4.69) is 34.4 Å². The quantitative estimate of drug-likeness (QED) is 0.723. The van der Waals surface area contributed by atoms with Crippen molar-refractivity contribution in [3.63, 3.8) is 0 Å². The number of aromatic nitrogens is 4. The van der Waals surface area contributed by atoms with E-state index in [9.17, 15) is 0 Å². The van der Waals surface area contributed by atoms with Gasteiger partial charge in [-0.15, -0.1) is 11.3 Å². The number of aryl methyl sites for hydroxylation is 2. The Hall–Kier alpha value is -2.38. The van der Waals surface area contributed by atoms with Gasteiger partial charge in [-0.2, -0.15) is 0 Å². The summed E-state index contributed by atoms with van der Waals surface area (Å²) in [4.78, 5) is 19.6. The number of hydrogen-bond acceptors (Lipinski definition) is 7. The van der Waals surface area contributed by atoms with Crippen molar-refractivity contribution in [3.8, 4) is 11.4 Å². The molecule has 0 radical (unpaired) electrons. The van der Waals surface area contributed by atoms with E-state index < -0.39 is 0 Å². The van der Waals surface area contributed by atoms with Gasteiger partial charge in [0.25, 0.3) is 0 Å². The molecule has 0 saturated heterocycles. The fourth-order valence-electron chi connectivity index (χ4n) is 3.07. The number of pyridine rings is 1. The molecule has 0 aromatic carbocycles. The molecule has 0 fully saturated rings. The molecule has 0 amide bonds. The van der Waals surface area contributed by atoms with Crippen molar-refractivity contribution in [1.29, 1.82) is 0 Å². The lowest BCUT2D eigenvalue weighted by Gasteiger charge is -2.20. The second-order valence-electron chi connectivity index (χ2n) is 6.41. The average molecular weight is 366 g/mol. The Labute approximate surface area is 157 Å². The first kappa shape index (κ1) is 17.1.